The molecule has 7 heteroatoms. The number of nitrogens with zero attached hydrogens (tertiary/aromatic N) is 1. The lowest BCUT2D eigenvalue weighted by Gasteiger charge is -2.40. The molecule has 0 radical (unpaired) electrons. The molecule has 0 aromatic heterocycles. The Morgan fingerprint density at radius 2 is 2.08 bits per heavy atom. The molecular weight excluding hydrogens is 352 g/mol. The van der Waals surface area contributed by atoms with E-state index in [1.54, 1.807) is 52.1 Å². The molecule has 0 fully saturated rings. The van der Waals surface area contributed by atoms with Crippen LogP contribution < -0.4 is 10.1 Å². The molecule has 1 aromatic carbocycles. The number of anilines is 1. The van der Waals surface area contributed by atoms with E-state index in [9.17, 15) is 9.59 Å². The van der Waals surface area contributed by atoms with Crippen molar-refractivity contribution in [2.45, 2.75) is 45.4 Å². The number of hydrogen-bond acceptors (Lipinski definition) is 5. The van der Waals surface area contributed by atoms with E-state index in [1.807, 2.05) is 13.8 Å². The third-order valence-electron chi connectivity index (χ3n) is 4.08. The van der Waals surface area contributed by atoms with Crippen LogP contribution in [0.1, 0.15) is 34.6 Å². The fourth-order valence-corrected chi connectivity index (χ4v) is 3.36. The summed E-state index contributed by atoms with van der Waals surface area (Å²) in [5.41, 5.74) is -0.472. The summed E-state index contributed by atoms with van der Waals surface area (Å²) in [4.78, 5) is 27.8. The lowest BCUT2D eigenvalue weighted by molar-refractivity contribution is -0.148. The first kappa shape index (κ1) is 20.2. The number of methoxy groups -OCH3 is 1. The Kier molecular flexibility index (Phi) is 6.23. The van der Waals surface area contributed by atoms with Gasteiger partial charge in [-0.15, -0.1) is 11.8 Å². The second-order valence-electron chi connectivity index (χ2n) is 6.80. The van der Waals surface area contributed by atoms with Crippen molar-refractivity contribution in [3.05, 3.63) is 34.9 Å². The molecule has 0 aliphatic carbocycles. The van der Waals surface area contributed by atoms with Crippen LogP contribution in [0.25, 0.3) is 0 Å². The highest BCUT2D eigenvalue weighted by atomic mass is 32.2. The van der Waals surface area contributed by atoms with E-state index in [0.29, 0.717) is 22.1 Å². The lowest BCUT2D eigenvalue weighted by atomic mass is 10.0. The van der Waals surface area contributed by atoms with Gasteiger partial charge in [-0.25, -0.2) is 0 Å². The minimum absolute atomic E-state index is 0.0470. The molecule has 142 valence electrons. The van der Waals surface area contributed by atoms with Crippen LogP contribution in [0.4, 0.5) is 5.69 Å². The van der Waals surface area contributed by atoms with Gasteiger partial charge >= 0.3 is 0 Å². The molecule has 1 aliphatic heterocycles. The third-order valence-corrected chi connectivity index (χ3v) is 5.25. The fourth-order valence-electron chi connectivity index (χ4n) is 2.45. The molecule has 0 bridgehead atoms. The maximum absolute atomic E-state index is 12.9. The number of carbonyl (C=O) groups excluding carboxylic acids is 2. The zero-order chi connectivity index (χ0) is 19.5. The van der Waals surface area contributed by atoms with Crippen LogP contribution in [0, 0.1) is 0 Å². The van der Waals surface area contributed by atoms with E-state index in [1.165, 1.54) is 16.7 Å². The van der Waals surface area contributed by atoms with Gasteiger partial charge in [0.15, 0.2) is 6.73 Å². The highest BCUT2D eigenvalue weighted by Crippen LogP contribution is 2.33. The number of rotatable bonds is 6. The van der Waals surface area contributed by atoms with E-state index in [0.717, 1.165) is 0 Å². The van der Waals surface area contributed by atoms with Crippen LogP contribution in [0.2, 0.25) is 0 Å². The summed E-state index contributed by atoms with van der Waals surface area (Å²) in [7, 11) is 1.57. The van der Waals surface area contributed by atoms with Gasteiger partial charge in [0.1, 0.15) is 22.0 Å². The van der Waals surface area contributed by atoms with E-state index in [2.05, 4.69) is 5.32 Å². The number of carbonyl (C=O) groups is 2. The van der Waals surface area contributed by atoms with Crippen LogP contribution in [-0.4, -0.2) is 41.3 Å². The van der Waals surface area contributed by atoms with E-state index in [-0.39, 0.29) is 23.8 Å². The van der Waals surface area contributed by atoms with Gasteiger partial charge < -0.3 is 14.8 Å². The summed E-state index contributed by atoms with van der Waals surface area (Å²) in [5.74, 6) is 0.774. The molecule has 0 saturated carbocycles. The van der Waals surface area contributed by atoms with Gasteiger partial charge in [0.05, 0.1) is 7.11 Å². The summed E-state index contributed by atoms with van der Waals surface area (Å²) < 4.78 is 10.8. The smallest absolute Gasteiger partial charge is 0.267 e. The van der Waals surface area contributed by atoms with Gasteiger partial charge in [-0.3, -0.25) is 14.5 Å². The van der Waals surface area contributed by atoms with Crippen molar-refractivity contribution in [1.82, 2.24) is 4.90 Å². The largest absolute Gasteiger partial charge is 0.497 e. The molecule has 26 heavy (non-hydrogen) atoms. The van der Waals surface area contributed by atoms with Crippen LogP contribution in [0.5, 0.6) is 5.75 Å². The van der Waals surface area contributed by atoms with Crippen molar-refractivity contribution in [1.29, 1.82) is 0 Å². The first-order chi connectivity index (χ1) is 12.2. The number of allylic oxidation sites excluding steroid dienone is 1. The topological polar surface area (TPSA) is 67.9 Å². The van der Waals surface area contributed by atoms with Crippen molar-refractivity contribution in [3.63, 3.8) is 0 Å². The molecule has 1 N–H and O–H groups in total. The predicted molar refractivity (Wildman–Crippen MR) is 104 cm³/mol. The molecule has 6 nitrogen and oxygen atoms in total. The molecule has 0 spiro atoms. The first-order valence-corrected chi connectivity index (χ1v) is 9.32. The zero-order valence-corrected chi connectivity index (χ0v) is 16.9. The lowest BCUT2D eigenvalue weighted by Crippen LogP contribution is -2.57. The van der Waals surface area contributed by atoms with E-state index >= 15 is 0 Å². The van der Waals surface area contributed by atoms with Gasteiger partial charge in [-0.1, -0.05) is 19.9 Å². The van der Waals surface area contributed by atoms with Gasteiger partial charge in [0, 0.05) is 17.0 Å². The molecule has 1 heterocycles. The Morgan fingerprint density at radius 1 is 1.38 bits per heavy atom. The standard InChI is InChI=1S/C19H26N2O4S/c1-12(2)26-16-13(3)25-11-21(17(16)22)19(4,5)18(23)20-14-8-7-9-15(10-14)24-6/h7-10,12H,11H2,1-6H3,(H,20,23). The molecule has 1 aliphatic rings. The van der Waals surface area contributed by atoms with Crippen molar-refractivity contribution >= 4 is 29.3 Å². The van der Waals surface area contributed by atoms with Gasteiger partial charge in [-0.05, 0) is 32.9 Å². The van der Waals surface area contributed by atoms with Crippen molar-refractivity contribution in [2.24, 2.45) is 0 Å². The van der Waals surface area contributed by atoms with Crippen molar-refractivity contribution < 1.29 is 19.1 Å². The van der Waals surface area contributed by atoms with Gasteiger partial charge in [-0.2, -0.15) is 0 Å². The van der Waals surface area contributed by atoms with Crippen molar-refractivity contribution in [2.75, 3.05) is 19.2 Å². The summed E-state index contributed by atoms with van der Waals surface area (Å²) in [6.45, 7) is 9.27. The molecular formula is C19H26N2O4S. The van der Waals surface area contributed by atoms with Crippen LogP contribution >= 0.6 is 11.8 Å². The maximum atomic E-state index is 12.9. The number of ether oxygens (including phenoxy) is 2. The first-order valence-electron chi connectivity index (χ1n) is 8.44. The van der Waals surface area contributed by atoms with Crippen molar-refractivity contribution in [3.8, 4) is 5.75 Å². The molecule has 1 aromatic rings. The fraction of sp³-hybridized carbons (Fsp3) is 0.474. The number of hydrogen-bond donors (Lipinski definition) is 1. The quantitative estimate of drug-likeness (QED) is 0.819. The van der Waals surface area contributed by atoms with E-state index in [4.69, 9.17) is 9.47 Å². The summed E-state index contributed by atoms with van der Waals surface area (Å²) in [6, 6.07) is 7.09. The Morgan fingerprint density at radius 3 is 2.69 bits per heavy atom. The molecule has 2 amide bonds. The Labute approximate surface area is 158 Å². The molecule has 0 atom stereocenters. The average molecular weight is 378 g/mol. The highest BCUT2D eigenvalue weighted by Gasteiger charge is 2.42. The monoisotopic (exact) mass is 378 g/mol. The van der Waals surface area contributed by atoms with Crippen LogP contribution in [0.15, 0.2) is 34.9 Å². The summed E-state index contributed by atoms with van der Waals surface area (Å²) in [6.07, 6.45) is 0. The summed E-state index contributed by atoms with van der Waals surface area (Å²) in [5, 5.41) is 3.09. The van der Waals surface area contributed by atoms with E-state index < -0.39 is 5.54 Å². The average Bonchev–Trinajstić information content (AvgIpc) is 2.58. The highest BCUT2D eigenvalue weighted by molar-refractivity contribution is 8.04. The SMILES string of the molecule is COc1cccc(NC(=O)C(C)(C)N2COC(C)=C(SC(C)C)C2=O)c1. The maximum Gasteiger partial charge on any atom is 0.267 e. The molecule has 2 rings (SSSR count). The predicted octanol–water partition coefficient (Wildman–Crippen LogP) is 3.60. The number of thioether (sulfide) groups is 1. The second kappa shape index (κ2) is 8.03. The zero-order valence-electron chi connectivity index (χ0n) is 16.1. The number of benzene rings is 1. The van der Waals surface area contributed by atoms with Gasteiger partial charge in [0.25, 0.3) is 5.91 Å². The Balaban J connectivity index is 2.20. The molecule has 0 unspecified atom stereocenters. The molecule has 0 saturated heterocycles. The number of nitrogens with one attached hydrogen (secondary N) is 1. The minimum atomic E-state index is -1.08. The minimum Gasteiger partial charge on any atom is -0.497 e. The number of amides is 2. The normalized spacial score (nSPS) is 15.2. The third kappa shape index (κ3) is 4.33. The Hall–Kier alpha value is -2.15. The summed E-state index contributed by atoms with van der Waals surface area (Å²) >= 11 is 1.45. The second-order valence-corrected chi connectivity index (χ2v) is 8.39. The van der Waals surface area contributed by atoms with Crippen LogP contribution in [-0.2, 0) is 14.3 Å². The Bertz CT molecular complexity index is 728. The van der Waals surface area contributed by atoms with Crippen LogP contribution in [0.3, 0.4) is 0 Å². The van der Waals surface area contributed by atoms with Gasteiger partial charge in [0.2, 0.25) is 5.91 Å².